The molecule has 1 aliphatic rings. The number of alkyl halides is 2. The minimum Gasteiger partial charge on any atom is -0.497 e. The highest BCUT2D eigenvalue weighted by molar-refractivity contribution is 14.0. The van der Waals surface area contributed by atoms with Crippen molar-refractivity contribution >= 4 is 35.6 Å². The van der Waals surface area contributed by atoms with E-state index in [1.165, 1.54) is 6.07 Å². The predicted octanol–water partition coefficient (Wildman–Crippen LogP) is 4.26. The van der Waals surface area contributed by atoms with Gasteiger partial charge in [0.05, 0.1) is 20.8 Å². The Morgan fingerprint density at radius 2 is 1.85 bits per heavy atom. The van der Waals surface area contributed by atoms with E-state index in [9.17, 15) is 8.78 Å². The van der Waals surface area contributed by atoms with Crippen molar-refractivity contribution in [3.05, 3.63) is 48.0 Å². The van der Waals surface area contributed by atoms with Crippen LogP contribution in [0.5, 0.6) is 17.2 Å². The molecule has 1 atom stereocenters. The van der Waals surface area contributed by atoms with Crippen molar-refractivity contribution in [2.75, 3.05) is 38.8 Å². The summed E-state index contributed by atoms with van der Waals surface area (Å²) in [6.07, 6.45) is 0.946. The van der Waals surface area contributed by atoms with Crippen LogP contribution in [0.25, 0.3) is 0 Å². The highest BCUT2D eigenvalue weighted by Crippen LogP contribution is 2.30. The van der Waals surface area contributed by atoms with E-state index in [1.54, 1.807) is 26.4 Å². The summed E-state index contributed by atoms with van der Waals surface area (Å²) in [7, 11) is 3.28. The molecule has 2 aromatic carbocycles. The summed E-state index contributed by atoms with van der Waals surface area (Å²) >= 11 is 0. The molecule has 33 heavy (non-hydrogen) atoms. The standard InChI is InChI=1S/C23H30F2N4O3.HI/c1-4-26-23(27-14-16-6-5-7-19(10-16)32-22(24)25)28-17-8-9-29(15-17)18-11-20(30-2)13-21(12-18)31-3;/h5-7,10-13,17,22H,4,8-9,14-15H2,1-3H3,(H2,26,27,28);1H. The topological polar surface area (TPSA) is 67.4 Å². The number of rotatable bonds is 9. The Kier molecular flexibility index (Phi) is 10.8. The number of aliphatic imine (C=N–C) groups is 1. The van der Waals surface area contributed by atoms with Gasteiger partial charge in [-0.05, 0) is 31.0 Å². The summed E-state index contributed by atoms with van der Waals surface area (Å²) in [5.74, 6) is 2.32. The number of ether oxygens (including phenoxy) is 3. The van der Waals surface area contributed by atoms with Crippen molar-refractivity contribution in [1.82, 2.24) is 10.6 Å². The van der Waals surface area contributed by atoms with Gasteiger partial charge in [-0.2, -0.15) is 8.78 Å². The molecule has 0 saturated carbocycles. The number of guanidine groups is 1. The van der Waals surface area contributed by atoms with Gasteiger partial charge in [-0.25, -0.2) is 4.99 Å². The Hall–Kier alpha value is -2.50. The van der Waals surface area contributed by atoms with Gasteiger partial charge in [-0.1, -0.05) is 12.1 Å². The molecule has 10 heteroatoms. The molecule has 1 heterocycles. The first-order valence-electron chi connectivity index (χ1n) is 10.6. The Bertz CT molecular complexity index is 895. The molecule has 2 N–H and O–H groups in total. The molecule has 0 amide bonds. The fraction of sp³-hybridized carbons (Fsp3) is 0.435. The van der Waals surface area contributed by atoms with Crippen LogP contribution in [0, 0.1) is 0 Å². The van der Waals surface area contributed by atoms with Crippen molar-refractivity contribution in [3.8, 4) is 17.2 Å². The van der Waals surface area contributed by atoms with E-state index in [4.69, 9.17) is 9.47 Å². The zero-order chi connectivity index (χ0) is 22.9. The first-order chi connectivity index (χ1) is 15.5. The Morgan fingerprint density at radius 1 is 1.12 bits per heavy atom. The second kappa shape index (κ2) is 13.3. The van der Waals surface area contributed by atoms with Crippen LogP contribution >= 0.6 is 24.0 Å². The molecule has 1 unspecified atom stereocenters. The zero-order valence-corrected chi connectivity index (χ0v) is 21.3. The number of anilines is 1. The van der Waals surface area contributed by atoms with Gasteiger partial charge >= 0.3 is 6.61 Å². The van der Waals surface area contributed by atoms with Gasteiger partial charge in [0.15, 0.2) is 5.96 Å². The number of nitrogens with zero attached hydrogens (tertiary/aromatic N) is 2. The maximum Gasteiger partial charge on any atom is 0.387 e. The monoisotopic (exact) mass is 576 g/mol. The Morgan fingerprint density at radius 3 is 2.48 bits per heavy atom. The molecule has 1 fully saturated rings. The first-order valence-corrected chi connectivity index (χ1v) is 10.6. The Balaban J connectivity index is 0.00000385. The predicted molar refractivity (Wildman–Crippen MR) is 137 cm³/mol. The van der Waals surface area contributed by atoms with Crippen molar-refractivity contribution in [1.29, 1.82) is 0 Å². The van der Waals surface area contributed by atoms with Crippen LogP contribution < -0.4 is 29.7 Å². The number of hydrogen-bond acceptors (Lipinski definition) is 5. The SMILES string of the molecule is CCNC(=NCc1cccc(OC(F)F)c1)NC1CCN(c2cc(OC)cc(OC)c2)C1.I. The first kappa shape index (κ1) is 26.7. The average molecular weight is 576 g/mol. The third-order valence-electron chi connectivity index (χ3n) is 5.12. The van der Waals surface area contributed by atoms with Gasteiger partial charge in [-0.3, -0.25) is 0 Å². The van der Waals surface area contributed by atoms with Crippen molar-refractivity contribution in [2.45, 2.75) is 32.5 Å². The van der Waals surface area contributed by atoms with Gasteiger partial charge in [0.25, 0.3) is 0 Å². The number of benzene rings is 2. The number of halogens is 3. The molecule has 2 aromatic rings. The van der Waals surface area contributed by atoms with Crippen LogP contribution in [0.2, 0.25) is 0 Å². The largest absolute Gasteiger partial charge is 0.497 e. The lowest BCUT2D eigenvalue weighted by molar-refractivity contribution is -0.0498. The minimum absolute atomic E-state index is 0. The third-order valence-corrected chi connectivity index (χ3v) is 5.12. The molecule has 3 rings (SSSR count). The number of nitrogens with one attached hydrogen (secondary N) is 2. The molecule has 7 nitrogen and oxygen atoms in total. The smallest absolute Gasteiger partial charge is 0.387 e. The van der Waals surface area contributed by atoms with Crippen LogP contribution in [-0.4, -0.2) is 52.5 Å². The minimum atomic E-state index is -2.84. The van der Waals surface area contributed by atoms with Gasteiger partial charge < -0.3 is 29.7 Å². The molecular weight excluding hydrogens is 545 g/mol. The van der Waals surface area contributed by atoms with Gasteiger partial charge in [0.2, 0.25) is 0 Å². The van der Waals surface area contributed by atoms with E-state index in [1.807, 2.05) is 31.2 Å². The Labute approximate surface area is 210 Å². The summed E-state index contributed by atoms with van der Waals surface area (Å²) in [5.41, 5.74) is 1.83. The molecule has 0 spiro atoms. The summed E-state index contributed by atoms with van der Waals surface area (Å²) in [6.45, 7) is 1.90. The molecular formula is C23H31F2IN4O3. The van der Waals surface area contributed by atoms with E-state index in [0.717, 1.165) is 42.3 Å². The zero-order valence-electron chi connectivity index (χ0n) is 19.0. The molecule has 0 radical (unpaired) electrons. The summed E-state index contributed by atoms with van der Waals surface area (Å²) in [6, 6.07) is 12.7. The summed E-state index contributed by atoms with van der Waals surface area (Å²) in [5, 5.41) is 6.72. The molecule has 0 bridgehead atoms. The number of methoxy groups -OCH3 is 2. The maximum atomic E-state index is 12.4. The van der Waals surface area contributed by atoms with E-state index in [-0.39, 0.29) is 35.8 Å². The highest BCUT2D eigenvalue weighted by atomic mass is 127. The summed E-state index contributed by atoms with van der Waals surface area (Å²) < 4.78 is 40.1. The molecule has 1 saturated heterocycles. The third kappa shape index (κ3) is 8.09. The maximum absolute atomic E-state index is 12.4. The molecule has 0 aliphatic carbocycles. The van der Waals surface area contributed by atoms with Crippen LogP contribution in [0.1, 0.15) is 18.9 Å². The van der Waals surface area contributed by atoms with Crippen LogP contribution in [-0.2, 0) is 6.54 Å². The second-order valence-corrected chi connectivity index (χ2v) is 7.37. The van der Waals surface area contributed by atoms with Gasteiger partial charge in [-0.15, -0.1) is 24.0 Å². The second-order valence-electron chi connectivity index (χ2n) is 7.37. The van der Waals surface area contributed by atoms with Crippen molar-refractivity contribution in [2.24, 2.45) is 4.99 Å². The average Bonchev–Trinajstić information content (AvgIpc) is 3.25. The fourth-order valence-corrected chi connectivity index (χ4v) is 3.59. The van der Waals surface area contributed by atoms with Crippen molar-refractivity contribution in [3.63, 3.8) is 0 Å². The highest BCUT2D eigenvalue weighted by Gasteiger charge is 2.24. The number of hydrogen-bond donors (Lipinski definition) is 2. The van der Waals surface area contributed by atoms with Crippen LogP contribution in [0.4, 0.5) is 14.5 Å². The lowest BCUT2D eigenvalue weighted by Gasteiger charge is -2.21. The summed E-state index contributed by atoms with van der Waals surface area (Å²) in [4.78, 5) is 6.89. The van der Waals surface area contributed by atoms with E-state index in [0.29, 0.717) is 19.0 Å². The molecule has 182 valence electrons. The molecule has 1 aliphatic heterocycles. The molecule has 0 aromatic heterocycles. The van der Waals surface area contributed by atoms with Crippen molar-refractivity contribution < 1.29 is 23.0 Å². The van der Waals surface area contributed by atoms with E-state index >= 15 is 0 Å². The van der Waals surface area contributed by atoms with E-state index in [2.05, 4.69) is 25.3 Å². The van der Waals surface area contributed by atoms with Crippen LogP contribution in [0.3, 0.4) is 0 Å². The quantitative estimate of drug-likeness (QED) is 0.265. The lowest BCUT2D eigenvalue weighted by atomic mass is 10.2. The van der Waals surface area contributed by atoms with Gasteiger partial charge in [0.1, 0.15) is 17.2 Å². The fourth-order valence-electron chi connectivity index (χ4n) is 3.59. The van der Waals surface area contributed by atoms with Crippen LogP contribution in [0.15, 0.2) is 47.5 Å². The van der Waals surface area contributed by atoms with Gasteiger partial charge in [0, 0.05) is 49.6 Å². The normalized spacial score (nSPS) is 15.8. The lowest BCUT2D eigenvalue weighted by Crippen LogP contribution is -2.44. The van der Waals surface area contributed by atoms with E-state index < -0.39 is 6.61 Å².